The molecule has 0 spiro atoms. The molecule has 0 fully saturated rings. The lowest BCUT2D eigenvalue weighted by molar-refractivity contribution is 0.663. The topological polar surface area (TPSA) is 42.6 Å². The van der Waals surface area contributed by atoms with Gasteiger partial charge in [0.05, 0.1) is 0 Å². The third-order valence-corrected chi connectivity index (χ3v) is 14.8. The van der Waals surface area contributed by atoms with E-state index in [4.69, 9.17) is 8.83 Å². The minimum Gasteiger partial charge on any atom is -0.456 e. The molecule has 0 saturated heterocycles. The number of furan rings is 2. The van der Waals surface area contributed by atoms with E-state index >= 15 is 0 Å². The first-order valence-electron chi connectivity index (χ1n) is 23.8. The van der Waals surface area contributed by atoms with Crippen molar-refractivity contribution < 1.29 is 8.83 Å². The lowest BCUT2D eigenvalue weighted by Gasteiger charge is -2.26. The monoisotopic (exact) mass is 898 g/mol. The molecule has 70 heavy (non-hydrogen) atoms. The number of aryl methyl sites for hydroxylation is 2. The zero-order chi connectivity index (χ0) is 46.2. The van der Waals surface area contributed by atoms with E-state index in [0.29, 0.717) is 0 Å². The van der Waals surface area contributed by atoms with Crippen LogP contribution in [0, 0.1) is 0 Å². The Labute approximate surface area is 401 Å². The summed E-state index contributed by atoms with van der Waals surface area (Å²) in [5.41, 5.74) is 14.8. The summed E-state index contributed by atoms with van der Waals surface area (Å²) in [6.07, 6.45) is 0. The summed E-state index contributed by atoms with van der Waals surface area (Å²) < 4.78 is 18.1. The zero-order valence-electron chi connectivity index (χ0n) is 38.4. The van der Waals surface area contributed by atoms with Gasteiger partial charge in [-0.25, -0.2) is 0 Å². The second-order valence-corrected chi connectivity index (χ2v) is 18.7. The SMILES string of the molecule is Cn1c2ccccc2c2cc(N(c3ccccc3)c3ccc4cc5c(cc4c3)oc3ccc4oc6cc7cc(N(c8ccccc8)c8ccc9c(c8)c8ccccc8n9C)ccc7cc6c4c35)ccc21. The van der Waals surface area contributed by atoms with Crippen LogP contribution in [0.2, 0.25) is 0 Å². The number of para-hydroxylation sites is 4. The van der Waals surface area contributed by atoms with Gasteiger partial charge in [-0.1, -0.05) is 84.9 Å². The van der Waals surface area contributed by atoms with E-state index in [1.807, 2.05) is 0 Å². The molecular formula is C64H42N4O2. The summed E-state index contributed by atoms with van der Waals surface area (Å²) in [4.78, 5) is 4.70. The fourth-order valence-electron chi connectivity index (χ4n) is 11.5. The van der Waals surface area contributed by atoms with Crippen LogP contribution in [0.25, 0.3) is 109 Å². The molecule has 15 rings (SSSR count). The average Bonchev–Trinajstić information content (AvgIpc) is 4.12. The molecule has 0 radical (unpaired) electrons. The highest BCUT2D eigenvalue weighted by molar-refractivity contribution is 6.28. The van der Waals surface area contributed by atoms with Gasteiger partial charge in [-0.2, -0.15) is 0 Å². The molecule has 6 nitrogen and oxygen atoms in total. The Morgan fingerprint density at radius 2 is 0.657 bits per heavy atom. The van der Waals surface area contributed by atoms with E-state index in [0.717, 1.165) is 99.5 Å². The van der Waals surface area contributed by atoms with E-state index in [1.54, 1.807) is 0 Å². The van der Waals surface area contributed by atoms with Crippen LogP contribution in [0.5, 0.6) is 0 Å². The minimum absolute atomic E-state index is 0.840. The molecule has 15 aromatic rings. The Bertz CT molecular complexity index is 4340. The molecule has 0 aliphatic rings. The van der Waals surface area contributed by atoms with Crippen LogP contribution in [0.3, 0.4) is 0 Å². The van der Waals surface area contributed by atoms with Crippen LogP contribution in [0.4, 0.5) is 34.1 Å². The van der Waals surface area contributed by atoms with Gasteiger partial charge in [0.2, 0.25) is 0 Å². The Kier molecular flexibility index (Phi) is 8.10. The fourth-order valence-corrected chi connectivity index (χ4v) is 11.5. The molecule has 0 bridgehead atoms. The summed E-state index contributed by atoms with van der Waals surface area (Å²) >= 11 is 0. The van der Waals surface area contributed by atoms with Crippen LogP contribution >= 0.6 is 0 Å². The maximum Gasteiger partial charge on any atom is 0.136 e. The molecule has 330 valence electrons. The fraction of sp³-hybridized carbons (Fsp3) is 0.0312. The van der Waals surface area contributed by atoms with Crippen LogP contribution < -0.4 is 9.80 Å². The normalized spacial score (nSPS) is 12.1. The summed E-state index contributed by atoms with van der Waals surface area (Å²) in [5.74, 6) is 0. The molecular weight excluding hydrogens is 857 g/mol. The lowest BCUT2D eigenvalue weighted by Crippen LogP contribution is -2.09. The van der Waals surface area contributed by atoms with Crippen molar-refractivity contribution in [2.24, 2.45) is 14.1 Å². The third kappa shape index (κ3) is 5.68. The van der Waals surface area contributed by atoms with E-state index in [9.17, 15) is 0 Å². The van der Waals surface area contributed by atoms with Gasteiger partial charge in [0.15, 0.2) is 0 Å². The molecule has 0 saturated carbocycles. The second kappa shape index (κ2) is 14.6. The van der Waals surface area contributed by atoms with Crippen LogP contribution in [-0.4, -0.2) is 9.13 Å². The first-order valence-corrected chi connectivity index (χ1v) is 23.8. The second-order valence-electron chi connectivity index (χ2n) is 18.7. The Morgan fingerprint density at radius 3 is 1.11 bits per heavy atom. The highest BCUT2D eigenvalue weighted by Gasteiger charge is 2.21. The largest absolute Gasteiger partial charge is 0.456 e. The standard InChI is InChI=1S/C64H42N4O2/c1-65-55-19-11-9-17-49(55)51-37-47(25-27-57(51)65)67(43-13-5-3-6-14-43)45-23-21-39-33-53-61(35-41(39)31-45)69-59-29-30-60-64(63(53)59)54-34-40-22-24-46(32-42(40)36-62(54)70-60)68(44-15-7-4-8-16-44)48-26-28-58-52(38-48)50-18-10-12-20-56(50)66(58)2/h3-38H,1-2H3. The van der Waals surface area contributed by atoms with Gasteiger partial charge in [0.25, 0.3) is 0 Å². The van der Waals surface area contributed by atoms with Crippen molar-refractivity contribution in [3.8, 4) is 0 Å². The molecule has 4 heterocycles. The number of nitrogens with zero attached hydrogens (tertiary/aromatic N) is 4. The van der Waals surface area contributed by atoms with Crippen molar-refractivity contribution in [3.63, 3.8) is 0 Å². The van der Waals surface area contributed by atoms with E-state index < -0.39 is 0 Å². The van der Waals surface area contributed by atoms with Gasteiger partial charge in [-0.05, 0) is 155 Å². The van der Waals surface area contributed by atoms with Crippen molar-refractivity contribution in [2.75, 3.05) is 9.80 Å². The summed E-state index contributed by atoms with van der Waals surface area (Å²) in [7, 11) is 4.29. The van der Waals surface area contributed by atoms with Gasteiger partial charge in [0, 0.05) is 113 Å². The number of hydrogen-bond acceptors (Lipinski definition) is 4. The minimum atomic E-state index is 0.840. The van der Waals surface area contributed by atoms with E-state index in [1.165, 1.54) is 43.6 Å². The van der Waals surface area contributed by atoms with Gasteiger partial charge in [-0.3, -0.25) is 0 Å². The molecule has 4 aromatic heterocycles. The van der Waals surface area contributed by atoms with Crippen molar-refractivity contribution in [2.45, 2.75) is 0 Å². The summed E-state index contributed by atoms with van der Waals surface area (Å²) in [5, 5.41) is 13.7. The first-order chi connectivity index (χ1) is 34.5. The number of fused-ring (bicyclic) bond motifs is 15. The molecule has 0 aliphatic heterocycles. The quantitative estimate of drug-likeness (QED) is 0.167. The van der Waals surface area contributed by atoms with Crippen LogP contribution in [0.1, 0.15) is 0 Å². The highest BCUT2D eigenvalue weighted by atomic mass is 16.3. The summed E-state index contributed by atoms with van der Waals surface area (Å²) in [6, 6.07) is 78.8. The maximum absolute atomic E-state index is 6.75. The predicted octanol–water partition coefficient (Wildman–Crippen LogP) is 18.0. The molecule has 0 unspecified atom stereocenters. The highest BCUT2D eigenvalue weighted by Crippen LogP contribution is 2.46. The number of aromatic nitrogens is 2. The Balaban J connectivity index is 0.849. The van der Waals surface area contributed by atoms with Crippen molar-refractivity contribution in [1.82, 2.24) is 9.13 Å². The smallest absolute Gasteiger partial charge is 0.136 e. The first kappa shape index (κ1) is 38.8. The van der Waals surface area contributed by atoms with Gasteiger partial charge in [-0.15, -0.1) is 0 Å². The molecule has 0 atom stereocenters. The predicted molar refractivity (Wildman–Crippen MR) is 293 cm³/mol. The number of hydrogen-bond donors (Lipinski definition) is 0. The summed E-state index contributed by atoms with van der Waals surface area (Å²) in [6.45, 7) is 0. The molecule has 0 N–H and O–H groups in total. The molecule has 11 aromatic carbocycles. The van der Waals surface area contributed by atoms with Crippen LogP contribution in [0.15, 0.2) is 227 Å². The number of anilines is 6. The van der Waals surface area contributed by atoms with E-state index in [2.05, 4.69) is 251 Å². The van der Waals surface area contributed by atoms with Crippen molar-refractivity contribution in [3.05, 3.63) is 218 Å². The van der Waals surface area contributed by atoms with Crippen molar-refractivity contribution in [1.29, 1.82) is 0 Å². The molecule has 6 heteroatoms. The molecule has 0 amide bonds. The van der Waals surface area contributed by atoms with E-state index in [-0.39, 0.29) is 0 Å². The Hall–Kier alpha value is -9.26. The van der Waals surface area contributed by atoms with Gasteiger partial charge in [0.1, 0.15) is 22.3 Å². The average molecular weight is 899 g/mol. The number of rotatable bonds is 6. The van der Waals surface area contributed by atoms with Gasteiger partial charge >= 0.3 is 0 Å². The number of benzene rings is 11. The maximum atomic E-state index is 6.75. The van der Waals surface area contributed by atoms with Crippen LogP contribution in [-0.2, 0) is 14.1 Å². The Morgan fingerprint density at radius 1 is 0.271 bits per heavy atom. The lowest BCUT2D eigenvalue weighted by atomic mass is 10.0. The van der Waals surface area contributed by atoms with Gasteiger partial charge < -0.3 is 27.8 Å². The van der Waals surface area contributed by atoms with Crippen molar-refractivity contribution >= 4 is 143 Å². The zero-order valence-corrected chi connectivity index (χ0v) is 38.4. The molecule has 0 aliphatic carbocycles. The third-order valence-electron chi connectivity index (χ3n) is 14.8.